The normalized spacial score (nSPS) is 15.6. The van der Waals surface area contributed by atoms with Crippen LogP contribution in [-0.4, -0.2) is 49.1 Å². The molecule has 1 saturated heterocycles. The number of rotatable bonds is 8. The first kappa shape index (κ1) is 21.8. The number of carbonyl (C=O) groups is 2. The van der Waals surface area contributed by atoms with Crippen molar-refractivity contribution in [2.75, 3.05) is 31.6 Å². The van der Waals surface area contributed by atoms with Gasteiger partial charge in [-0.15, -0.1) is 0 Å². The SMILES string of the molecule is CCOc1ccccc1C(=O)N(CC(=O)Nc1cccc(C)c1C)CC1CCCO1. The van der Waals surface area contributed by atoms with Crippen LogP contribution >= 0.6 is 0 Å². The van der Waals surface area contributed by atoms with Gasteiger partial charge in [-0.05, 0) is 62.9 Å². The fourth-order valence-corrected chi connectivity index (χ4v) is 3.60. The molecular weight excluding hydrogens is 380 g/mol. The number of nitrogens with zero attached hydrogens (tertiary/aromatic N) is 1. The van der Waals surface area contributed by atoms with Crippen LogP contribution in [0.3, 0.4) is 0 Å². The number of ether oxygens (including phenoxy) is 2. The zero-order chi connectivity index (χ0) is 21.5. The second kappa shape index (κ2) is 10.3. The first-order chi connectivity index (χ1) is 14.5. The Morgan fingerprint density at radius 1 is 1.17 bits per heavy atom. The van der Waals surface area contributed by atoms with Gasteiger partial charge in [0.05, 0.1) is 18.3 Å². The van der Waals surface area contributed by atoms with Gasteiger partial charge in [0.2, 0.25) is 5.91 Å². The summed E-state index contributed by atoms with van der Waals surface area (Å²) in [6.45, 7) is 7.33. The molecule has 2 aromatic carbocycles. The number of aryl methyl sites for hydroxylation is 1. The molecule has 0 spiro atoms. The molecule has 3 rings (SSSR count). The summed E-state index contributed by atoms with van der Waals surface area (Å²) in [6.07, 6.45) is 1.80. The largest absolute Gasteiger partial charge is 0.493 e. The van der Waals surface area contributed by atoms with Crippen LogP contribution < -0.4 is 10.1 Å². The Morgan fingerprint density at radius 3 is 2.70 bits per heavy atom. The van der Waals surface area contributed by atoms with Crippen LogP contribution in [0, 0.1) is 13.8 Å². The highest BCUT2D eigenvalue weighted by Gasteiger charge is 2.27. The average molecular weight is 411 g/mol. The highest BCUT2D eigenvalue weighted by Crippen LogP contribution is 2.22. The van der Waals surface area contributed by atoms with Gasteiger partial charge in [-0.3, -0.25) is 9.59 Å². The van der Waals surface area contributed by atoms with E-state index in [1.165, 1.54) is 0 Å². The average Bonchev–Trinajstić information content (AvgIpc) is 3.24. The molecule has 1 fully saturated rings. The maximum atomic E-state index is 13.3. The van der Waals surface area contributed by atoms with Gasteiger partial charge in [0.15, 0.2) is 0 Å². The summed E-state index contributed by atoms with van der Waals surface area (Å²) in [5.74, 6) is 0.0619. The highest BCUT2D eigenvalue weighted by atomic mass is 16.5. The Labute approximate surface area is 178 Å². The standard InChI is InChI=1S/C24H30N2O4/c1-4-29-22-13-6-5-11-20(22)24(28)26(15-19-10-8-14-30-19)16-23(27)25-21-12-7-9-17(2)18(21)3/h5-7,9,11-13,19H,4,8,10,14-16H2,1-3H3,(H,25,27). The van der Waals surface area contributed by atoms with E-state index in [1.54, 1.807) is 23.1 Å². The lowest BCUT2D eigenvalue weighted by Crippen LogP contribution is -2.42. The Kier molecular flexibility index (Phi) is 7.46. The molecule has 0 bridgehead atoms. The first-order valence-electron chi connectivity index (χ1n) is 10.5. The molecule has 1 aliphatic rings. The van der Waals surface area contributed by atoms with Crippen molar-refractivity contribution >= 4 is 17.5 Å². The molecule has 1 aliphatic heterocycles. The lowest BCUT2D eigenvalue weighted by Gasteiger charge is -2.26. The lowest BCUT2D eigenvalue weighted by molar-refractivity contribution is -0.117. The molecule has 1 unspecified atom stereocenters. The number of hydrogen-bond acceptors (Lipinski definition) is 4. The van der Waals surface area contributed by atoms with Crippen molar-refractivity contribution in [3.8, 4) is 5.75 Å². The molecule has 2 aromatic rings. The second-order valence-electron chi connectivity index (χ2n) is 7.55. The number of para-hydroxylation sites is 1. The zero-order valence-corrected chi connectivity index (χ0v) is 17.9. The third kappa shape index (κ3) is 5.39. The molecule has 2 amide bonds. The molecule has 0 saturated carbocycles. The fourth-order valence-electron chi connectivity index (χ4n) is 3.60. The smallest absolute Gasteiger partial charge is 0.258 e. The van der Waals surface area contributed by atoms with Gasteiger partial charge in [-0.2, -0.15) is 0 Å². The Morgan fingerprint density at radius 2 is 1.97 bits per heavy atom. The van der Waals surface area contributed by atoms with Crippen molar-refractivity contribution in [1.29, 1.82) is 0 Å². The van der Waals surface area contributed by atoms with E-state index < -0.39 is 0 Å². The number of hydrogen-bond donors (Lipinski definition) is 1. The van der Waals surface area contributed by atoms with Gasteiger partial charge < -0.3 is 19.7 Å². The van der Waals surface area contributed by atoms with Crippen molar-refractivity contribution in [2.45, 2.75) is 39.7 Å². The minimum Gasteiger partial charge on any atom is -0.493 e. The molecule has 1 heterocycles. The van der Waals surface area contributed by atoms with Gasteiger partial charge in [0.1, 0.15) is 12.3 Å². The minimum absolute atomic E-state index is 0.0491. The van der Waals surface area contributed by atoms with Crippen LogP contribution in [0.15, 0.2) is 42.5 Å². The van der Waals surface area contributed by atoms with Crippen LogP contribution in [0.25, 0.3) is 0 Å². The summed E-state index contributed by atoms with van der Waals surface area (Å²) >= 11 is 0. The molecule has 1 N–H and O–H groups in total. The van der Waals surface area contributed by atoms with Gasteiger partial charge in [-0.1, -0.05) is 24.3 Å². The maximum absolute atomic E-state index is 13.3. The Hall–Kier alpha value is -2.86. The van der Waals surface area contributed by atoms with E-state index in [1.807, 2.05) is 45.0 Å². The number of carbonyl (C=O) groups excluding carboxylic acids is 2. The van der Waals surface area contributed by atoms with Crippen molar-refractivity contribution in [3.05, 3.63) is 59.2 Å². The van der Waals surface area contributed by atoms with E-state index >= 15 is 0 Å². The number of nitrogens with one attached hydrogen (secondary N) is 1. The van der Waals surface area contributed by atoms with Crippen molar-refractivity contribution in [3.63, 3.8) is 0 Å². The van der Waals surface area contributed by atoms with E-state index in [2.05, 4.69) is 5.32 Å². The second-order valence-corrected chi connectivity index (χ2v) is 7.55. The molecule has 1 atom stereocenters. The molecule has 6 heteroatoms. The quantitative estimate of drug-likeness (QED) is 0.715. The van der Waals surface area contributed by atoms with E-state index in [-0.39, 0.29) is 24.5 Å². The molecule has 0 aliphatic carbocycles. The van der Waals surface area contributed by atoms with Crippen LogP contribution in [0.5, 0.6) is 5.75 Å². The predicted octanol–water partition coefficient (Wildman–Crippen LogP) is 3.96. The Bertz CT molecular complexity index is 891. The lowest BCUT2D eigenvalue weighted by atomic mass is 10.1. The molecule has 6 nitrogen and oxygen atoms in total. The van der Waals surface area contributed by atoms with Gasteiger partial charge >= 0.3 is 0 Å². The number of amides is 2. The monoisotopic (exact) mass is 410 g/mol. The molecule has 0 radical (unpaired) electrons. The molecule has 0 aromatic heterocycles. The Balaban J connectivity index is 1.79. The fraction of sp³-hybridized carbons (Fsp3) is 0.417. The molecule has 160 valence electrons. The summed E-state index contributed by atoms with van der Waals surface area (Å²) in [5, 5.41) is 2.95. The van der Waals surface area contributed by atoms with Crippen LogP contribution in [0.4, 0.5) is 5.69 Å². The van der Waals surface area contributed by atoms with Crippen LogP contribution in [0.1, 0.15) is 41.3 Å². The number of benzene rings is 2. The van der Waals surface area contributed by atoms with E-state index in [0.717, 1.165) is 29.7 Å². The minimum atomic E-state index is -0.232. The van der Waals surface area contributed by atoms with Crippen LogP contribution in [0.2, 0.25) is 0 Å². The zero-order valence-electron chi connectivity index (χ0n) is 17.9. The molecular formula is C24H30N2O4. The van der Waals surface area contributed by atoms with Crippen LogP contribution in [-0.2, 0) is 9.53 Å². The third-order valence-corrected chi connectivity index (χ3v) is 5.37. The van der Waals surface area contributed by atoms with Gasteiger partial charge in [0.25, 0.3) is 5.91 Å². The molecule has 30 heavy (non-hydrogen) atoms. The number of anilines is 1. The maximum Gasteiger partial charge on any atom is 0.258 e. The highest BCUT2D eigenvalue weighted by molar-refractivity contribution is 6.01. The summed E-state index contributed by atoms with van der Waals surface area (Å²) in [5.41, 5.74) is 3.34. The predicted molar refractivity (Wildman–Crippen MR) is 117 cm³/mol. The van der Waals surface area contributed by atoms with Crippen molar-refractivity contribution < 1.29 is 19.1 Å². The summed E-state index contributed by atoms with van der Waals surface area (Å²) in [6, 6.07) is 12.9. The van der Waals surface area contributed by atoms with Gasteiger partial charge in [0, 0.05) is 18.8 Å². The van der Waals surface area contributed by atoms with Crippen molar-refractivity contribution in [2.24, 2.45) is 0 Å². The van der Waals surface area contributed by atoms with E-state index in [9.17, 15) is 9.59 Å². The topological polar surface area (TPSA) is 67.9 Å². The van der Waals surface area contributed by atoms with E-state index in [4.69, 9.17) is 9.47 Å². The van der Waals surface area contributed by atoms with Gasteiger partial charge in [-0.25, -0.2) is 0 Å². The third-order valence-electron chi connectivity index (χ3n) is 5.37. The summed E-state index contributed by atoms with van der Waals surface area (Å²) in [7, 11) is 0. The summed E-state index contributed by atoms with van der Waals surface area (Å²) < 4.78 is 11.4. The van der Waals surface area contributed by atoms with Crippen molar-refractivity contribution in [1.82, 2.24) is 4.90 Å². The summed E-state index contributed by atoms with van der Waals surface area (Å²) in [4.78, 5) is 27.7. The van der Waals surface area contributed by atoms with E-state index in [0.29, 0.717) is 31.1 Å². The first-order valence-corrected chi connectivity index (χ1v) is 10.5.